The molecule has 0 aliphatic carbocycles. The summed E-state index contributed by atoms with van der Waals surface area (Å²) in [6.45, 7) is 2.90. The van der Waals surface area contributed by atoms with Gasteiger partial charge in [-0.3, -0.25) is 14.4 Å². The average molecular weight is 328 g/mol. The molecule has 0 aromatic carbocycles. The van der Waals surface area contributed by atoms with E-state index in [1.54, 1.807) is 4.90 Å². The van der Waals surface area contributed by atoms with Crippen molar-refractivity contribution in [3.05, 3.63) is 0 Å². The lowest BCUT2D eigenvalue weighted by Gasteiger charge is -2.22. The molecule has 1 heterocycles. The Kier molecular flexibility index (Phi) is 9.28. The molecule has 1 unspecified atom stereocenters. The first-order chi connectivity index (χ1) is 11.1. The minimum absolute atomic E-state index is 0.0204. The number of hydrogen-bond acceptors (Lipinski definition) is 5. The van der Waals surface area contributed by atoms with Gasteiger partial charge in [-0.1, -0.05) is 12.8 Å². The maximum absolute atomic E-state index is 12.2. The van der Waals surface area contributed by atoms with Gasteiger partial charge in [-0.25, -0.2) is 10.3 Å². The third kappa shape index (κ3) is 6.99. The molecule has 132 valence electrons. The summed E-state index contributed by atoms with van der Waals surface area (Å²) in [6.07, 6.45) is 5.76. The molecule has 7 nitrogen and oxygen atoms in total. The van der Waals surface area contributed by atoms with Crippen molar-refractivity contribution in [3.8, 4) is 0 Å². The molecule has 1 aliphatic rings. The molecule has 7 heteroatoms. The molecule has 0 spiro atoms. The van der Waals surface area contributed by atoms with Gasteiger partial charge in [-0.2, -0.15) is 0 Å². The van der Waals surface area contributed by atoms with E-state index in [1.165, 1.54) is 7.11 Å². The lowest BCUT2D eigenvalue weighted by molar-refractivity contribution is -0.151. The molecular formula is C16H28N2O5. The second kappa shape index (κ2) is 11.0. The van der Waals surface area contributed by atoms with Crippen molar-refractivity contribution in [3.63, 3.8) is 0 Å². The zero-order chi connectivity index (χ0) is 17.1. The van der Waals surface area contributed by atoms with Crippen LogP contribution in [0.5, 0.6) is 0 Å². The fourth-order valence-corrected chi connectivity index (χ4v) is 2.71. The van der Waals surface area contributed by atoms with Gasteiger partial charge in [0.05, 0.1) is 13.7 Å². The van der Waals surface area contributed by atoms with Crippen LogP contribution < -0.4 is 5.48 Å². The smallest absolute Gasteiger partial charge is 0.328 e. The number of methoxy groups -OCH3 is 1. The molecule has 0 aromatic heterocycles. The fraction of sp³-hybridized carbons (Fsp3) is 0.812. The number of carbonyl (C=O) groups is 3. The number of likely N-dealkylation sites (tertiary alicyclic amines) is 1. The molecule has 23 heavy (non-hydrogen) atoms. The lowest BCUT2D eigenvalue weighted by atomic mass is 10.1. The maximum Gasteiger partial charge on any atom is 0.328 e. The summed E-state index contributed by atoms with van der Waals surface area (Å²) in [5.74, 6) is -0.413. The lowest BCUT2D eigenvalue weighted by Crippen LogP contribution is -2.40. The van der Waals surface area contributed by atoms with E-state index in [4.69, 9.17) is 9.57 Å². The van der Waals surface area contributed by atoms with Crippen LogP contribution in [0, 0.1) is 0 Å². The fourth-order valence-electron chi connectivity index (χ4n) is 2.71. The van der Waals surface area contributed by atoms with Crippen molar-refractivity contribution in [2.75, 3.05) is 20.3 Å². The number of amides is 2. The minimum atomic E-state index is -0.408. The quantitative estimate of drug-likeness (QED) is 0.374. The number of hydroxylamine groups is 1. The number of nitrogens with one attached hydrogen (secondary N) is 1. The highest BCUT2D eigenvalue weighted by Crippen LogP contribution is 2.20. The normalized spacial score (nSPS) is 17.1. The van der Waals surface area contributed by atoms with Gasteiger partial charge < -0.3 is 9.64 Å². The van der Waals surface area contributed by atoms with E-state index < -0.39 is 6.04 Å². The summed E-state index contributed by atoms with van der Waals surface area (Å²) in [4.78, 5) is 41.5. The van der Waals surface area contributed by atoms with Crippen LogP contribution in [-0.2, 0) is 24.0 Å². The molecule has 0 saturated carbocycles. The van der Waals surface area contributed by atoms with Gasteiger partial charge in [-0.15, -0.1) is 0 Å². The van der Waals surface area contributed by atoms with E-state index >= 15 is 0 Å². The molecule has 1 N–H and O–H groups in total. The summed E-state index contributed by atoms with van der Waals surface area (Å²) < 4.78 is 4.74. The average Bonchev–Trinajstić information content (AvgIpc) is 3.04. The highest BCUT2D eigenvalue weighted by molar-refractivity contribution is 5.85. The van der Waals surface area contributed by atoms with Gasteiger partial charge in [0.15, 0.2) is 0 Å². The van der Waals surface area contributed by atoms with Gasteiger partial charge in [-0.05, 0) is 32.6 Å². The summed E-state index contributed by atoms with van der Waals surface area (Å²) in [5, 5.41) is 0. The molecule has 1 rings (SSSR count). The van der Waals surface area contributed by atoms with Crippen LogP contribution in [0.25, 0.3) is 0 Å². The summed E-state index contributed by atoms with van der Waals surface area (Å²) >= 11 is 0. The minimum Gasteiger partial charge on any atom is -0.467 e. The first-order valence-electron chi connectivity index (χ1n) is 8.38. The number of nitrogens with zero attached hydrogens (tertiary/aromatic N) is 1. The van der Waals surface area contributed by atoms with Gasteiger partial charge in [0.1, 0.15) is 6.04 Å². The van der Waals surface area contributed by atoms with Crippen molar-refractivity contribution in [2.24, 2.45) is 0 Å². The Hall–Kier alpha value is -1.63. The van der Waals surface area contributed by atoms with Gasteiger partial charge in [0.2, 0.25) is 11.8 Å². The first-order valence-corrected chi connectivity index (χ1v) is 8.38. The molecule has 1 saturated heterocycles. The van der Waals surface area contributed by atoms with E-state index in [0.717, 1.165) is 32.1 Å². The Bertz CT molecular complexity index is 400. The first kappa shape index (κ1) is 19.4. The molecule has 0 bridgehead atoms. The Morgan fingerprint density at radius 3 is 2.48 bits per heavy atom. The number of hydrogen-bond donors (Lipinski definition) is 1. The number of ether oxygens (including phenoxy) is 1. The standard InChI is InChI=1S/C16H28N2O5/c1-3-23-17-14(19)10-6-4-5-7-11-15(20)18-12-8-9-13(18)16(21)22-2/h13H,3-12H2,1-2H3,(H,17,19). The largest absolute Gasteiger partial charge is 0.467 e. The number of carbonyl (C=O) groups excluding carboxylic acids is 3. The van der Waals surface area contributed by atoms with Crippen LogP contribution in [0.4, 0.5) is 0 Å². The van der Waals surface area contributed by atoms with Crippen LogP contribution in [0.3, 0.4) is 0 Å². The van der Waals surface area contributed by atoms with Crippen LogP contribution in [-0.4, -0.2) is 49.0 Å². The highest BCUT2D eigenvalue weighted by Gasteiger charge is 2.34. The van der Waals surface area contributed by atoms with Gasteiger partial charge in [0, 0.05) is 19.4 Å². The van der Waals surface area contributed by atoms with E-state index in [9.17, 15) is 14.4 Å². The number of unbranched alkanes of at least 4 members (excludes halogenated alkanes) is 3. The zero-order valence-electron chi connectivity index (χ0n) is 14.1. The van der Waals surface area contributed by atoms with Gasteiger partial charge in [0.25, 0.3) is 0 Å². The van der Waals surface area contributed by atoms with E-state index in [-0.39, 0.29) is 17.8 Å². The third-order valence-electron chi connectivity index (χ3n) is 3.92. The van der Waals surface area contributed by atoms with Gasteiger partial charge >= 0.3 is 5.97 Å². The molecule has 0 aromatic rings. The maximum atomic E-state index is 12.2. The summed E-state index contributed by atoms with van der Waals surface area (Å²) in [7, 11) is 1.35. The van der Waals surface area contributed by atoms with Crippen molar-refractivity contribution in [1.29, 1.82) is 0 Å². The Morgan fingerprint density at radius 1 is 1.13 bits per heavy atom. The van der Waals surface area contributed by atoms with Crippen molar-refractivity contribution < 1.29 is 24.0 Å². The van der Waals surface area contributed by atoms with Crippen molar-refractivity contribution in [1.82, 2.24) is 10.4 Å². The van der Waals surface area contributed by atoms with Crippen LogP contribution in [0.2, 0.25) is 0 Å². The predicted molar refractivity (Wildman–Crippen MR) is 84.2 cm³/mol. The van der Waals surface area contributed by atoms with Crippen LogP contribution in [0.1, 0.15) is 58.3 Å². The molecule has 0 radical (unpaired) electrons. The molecule has 2 amide bonds. The van der Waals surface area contributed by atoms with Crippen molar-refractivity contribution in [2.45, 2.75) is 64.3 Å². The number of esters is 1. The Balaban J connectivity index is 2.12. The zero-order valence-corrected chi connectivity index (χ0v) is 14.1. The predicted octanol–water partition coefficient (Wildman–Crippen LogP) is 1.56. The van der Waals surface area contributed by atoms with E-state index in [1.807, 2.05) is 6.92 Å². The molecule has 1 atom stereocenters. The number of rotatable bonds is 10. The van der Waals surface area contributed by atoms with Crippen molar-refractivity contribution >= 4 is 17.8 Å². The molecule has 1 aliphatic heterocycles. The summed E-state index contributed by atoms with van der Waals surface area (Å²) in [5.41, 5.74) is 2.36. The molecular weight excluding hydrogens is 300 g/mol. The Morgan fingerprint density at radius 2 is 1.83 bits per heavy atom. The SMILES string of the molecule is CCONC(=O)CCCCCCC(=O)N1CCCC1C(=O)OC. The van der Waals surface area contributed by atoms with Crippen LogP contribution >= 0.6 is 0 Å². The summed E-state index contributed by atoms with van der Waals surface area (Å²) in [6, 6.07) is -0.408. The second-order valence-electron chi connectivity index (χ2n) is 5.64. The highest BCUT2D eigenvalue weighted by atomic mass is 16.6. The second-order valence-corrected chi connectivity index (χ2v) is 5.64. The van der Waals surface area contributed by atoms with Crippen LogP contribution in [0.15, 0.2) is 0 Å². The topological polar surface area (TPSA) is 84.9 Å². The van der Waals surface area contributed by atoms with E-state index in [0.29, 0.717) is 32.4 Å². The Labute approximate surface area is 137 Å². The monoisotopic (exact) mass is 328 g/mol. The van der Waals surface area contributed by atoms with E-state index in [2.05, 4.69) is 5.48 Å². The third-order valence-corrected chi connectivity index (χ3v) is 3.92. The molecule has 1 fully saturated rings.